The topological polar surface area (TPSA) is 377 Å². The van der Waals surface area contributed by atoms with E-state index >= 15 is 0 Å². The third kappa shape index (κ3) is 16.3. The molecule has 4 heterocycles. The van der Waals surface area contributed by atoms with Gasteiger partial charge in [0.05, 0.1) is 12.4 Å². The van der Waals surface area contributed by atoms with Gasteiger partial charge < -0.3 is 63.6 Å². The molecule has 4 aromatic rings. The van der Waals surface area contributed by atoms with Crippen LogP contribution in [0.25, 0.3) is 10.9 Å². The number of nitrogens with one attached hydrogen (secondary N) is 12. The highest BCUT2D eigenvalue weighted by Crippen LogP contribution is 2.24. The first kappa shape index (κ1) is 56.4. The summed E-state index contributed by atoms with van der Waals surface area (Å²) < 4.78 is 0. The zero-order valence-electron chi connectivity index (χ0n) is 41.3. The Morgan fingerprint density at radius 2 is 1.35 bits per heavy atom. The van der Waals surface area contributed by atoms with Crippen molar-refractivity contribution in [1.29, 1.82) is 5.41 Å². The Labute approximate surface area is 438 Å². The number of Topliss-reactive ketones (excluding diaryl/α,β-unsaturated/α-hetero) is 1. The third-order valence-electron chi connectivity index (χ3n) is 12.2. The number of fused-ring (bicyclic) bond motifs is 1. The monoisotopic (exact) mass is 1070 g/mol. The molecular weight excluding hydrogens is 1010 g/mol. The molecule has 400 valence electrons. The molecule has 14 N–H and O–H groups in total. The SMILES string of the molecule is CC(=O)[C@@H]1CSSC[C@H](NC(=O)CN2C(=O)N[C@@H](C)C2=O)C(=O)N[C@H](C)C(=O)N[C@@H](Cc2cnc[nH]2)C(=O)N[C@H](Cc2ccccc2)C(=O)N[C@@H](CCCNC(=N)N)C(=O)N[C@@H](Cc2c[nH]c3ccccc23)C(=O)N1. The second-order valence-corrected chi connectivity index (χ2v) is 20.5. The summed E-state index contributed by atoms with van der Waals surface area (Å²) in [6, 6.07) is 4.97. The number of nitrogens with two attached hydrogens (primary N) is 1. The number of benzene rings is 2. The van der Waals surface area contributed by atoms with Gasteiger partial charge in [-0.3, -0.25) is 53.5 Å². The highest BCUT2D eigenvalue weighted by atomic mass is 33.1. The quantitative estimate of drug-likeness (QED) is 0.0225. The predicted molar refractivity (Wildman–Crippen MR) is 278 cm³/mol. The lowest BCUT2D eigenvalue weighted by Gasteiger charge is -2.27. The summed E-state index contributed by atoms with van der Waals surface area (Å²) in [5.74, 6) is -7.45. The molecule has 6 rings (SSSR count). The minimum absolute atomic E-state index is 0.0380. The van der Waals surface area contributed by atoms with Crippen LogP contribution in [0.2, 0.25) is 0 Å². The molecule has 2 aliphatic heterocycles. The second-order valence-electron chi connectivity index (χ2n) is 17.9. The first-order chi connectivity index (χ1) is 35.9. The van der Waals surface area contributed by atoms with Crippen molar-refractivity contribution in [3.63, 3.8) is 0 Å². The van der Waals surface area contributed by atoms with Crippen molar-refractivity contribution in [1.82, 2.24) is 67.7 Å². The average molecular weight is 1070 g/mol. The number of ketones is 1. The van der Waals surface area contributed by atoms with E-state index in [1.807, 2.05) is 24.3 Å². The van der Waals surface area contributed by atoms with Gasteiger partial charge in [0.15, 0.2) is 11.7 Å². The number of imide groups is 1. The fourth-order valence-electron chi connectivity index (χ4n) is 8.05. The number of carbonyl (C=O) groups is 10. The van der Waals surface area contributed by atoms with Crippen LogP contribution in [-0.4, -0.2) is 158 Å². The van der Waals surface area contributed by atoms with Crippen molar-refractivity contribution in [2.24, 2.45) is 5.73 Å². The number of nitrogens with zero attached hydrogens (tertiary/aromatic N) is 2. The van der Waals surface area contributed by atoms with E-state index in [-0.39, 0.29) is 56.1 Å². The highest BCUT2D eigenvalue weighted by Gasteiger charge is 2.38. The van der Waals surface area contributed by atoms with E-state index in [2.05, 4.69) is 62.8 Å². The number of hydrogen-bond donors (Lipinski definition) is 13. The predicted octanol–water partition coefficient (Wildman–Crippen LogP) is -1.48. The van der Waals surface area contributed by atoms with E-state index in [1.54, 1.807) is 36.5 Å². The molecule has 75 heavy (non-hydrogen) atoms. The average Bonchev–Trinajstić information content (AvgIpc) is 4.11. The molecule has 0 unspecified atom stereocenters. The number of amides is 10. The van der Waals surface area contributed by atoms with E-state index in [1.165, 1.54) is 33.3 Å². The van der Waals surface area contributed by atoms with Crippen LogP contribution in [0.5, 0.6) is 0 Å². The Bertz CT molecular complexity index is 2740. The molecule has 0 aliphatic carbocycles. The Balaban J connectivity index is 1.36. The number of imidazole rings is 1. The maximum Gasteiger partial charge on any atom is 0.325 e. The molecule has 2 aromatic carbocycles. The van der Waals surface area contributed by atoms with E-state index in [0.717, 1.165) is 32.5 Å². The second kappa shape index (κ2) is 26.8. The van der Waals surface area contributed by atoms with E-state index in [4.69, 9.17) is 11.1 Å². The van der Waals surface area contributed by atoms with Crippen molar-refractivity contribution >= 4 is 97.5 Å². The van der Waals surface area contributed by atoms with Crippen molar-refractivity contribution < 1.29 is 47.9 Å². The highest BCUT2D eigenvalue weighted by molar-refractivity contribution is 8.76. The third-order valence-corrected chi connectivity index (χ3v) is 14.6. The number of aromatic nitrogens is 3. The van der Waals surface area contributed by atoms with E-state index in [0.29, 0.717) is 21.7 Å². The van der Waals surface area contributed by atoms with E-state index < -0.39 is 114 Å². The van der Waals surface area contributed by atoms with Gasteiger partial charge in [0.1, 0.15) is 48.8 Å². The van der Waals surface area contributed by atoms with Gasteiger partial charge in [-0.2, -0.15) is 0 Å². The smallest absolute Gasteiger partial charge is 0.325 e. The molecule has 2 aliphatic rings. The molecular formula is C48H61N15O10S2. The Hall–Kier alpha value is -7.94. The molecule has 10 amide bonds. The number of carbonyl (C=O) groups excluding carboxylic acids is 10. The fraction of sp³-hybridized carbons (Fsp3) is 0.417. The maximum absolute atomic E-state index is 14.6. The van der Waals surface area contributed by atoms with Gasteiger partial charge in [0.25, 0.3) is 5.91 Å². The zero-order valence-corrected chi connectivity index (χ0v) is 42.9. The number of aromatic amines is 2. The molecule has 8 atom stereocenters. The summed E-state index contributed by atoms with van der Waals surface area (Å²) in [5.41, 5.74) is 7.96. The zero-order chi connectivity index (χ0) is 54.2. The van der Waals surface area contributed by atoms with Gasteiger partial charge in [0, 0.05) is 66.3 Å². The van der Waals surface area contributed by atoms with Crippen LogP contribution in [0.1, 0.15) is 50.4 Å². The standard InChI is InChI=1S/C48H61N15O10S2/c1-25-40(66)59-36(18-30-20-51-24-54-30)44(70)60-34(16-28-10-5-4-6-11-28)42(68)58-33(14-9-15-52-47(49)50)41(67)61-35(17-29-19-53-32-13-8-7-12-31(29)32)43(69)62-37(27(3)64)22-74-75-23-38(45(71)55-25)57-39(65)21-63-46(72)26(2)56-48(63)73/h4-8,10-13,19-20,24-26,33-38,53H,9,14-18,21-23H2,1-3H3,(H,51,54)(H,55,71)(H,56,73)(H,57,65)(H,58,68)(H,59,66)(H,60,70)(H,61,67)(H,62,69)(H4,49,50,52)/t25-,26+,33+,34-,35+,36+,37+,38+/m1/s1. The van der Waals surface area contributed by atoms with Crippen molar-refractivity contribution in [2.75, 3.05) is 24.6 Å². The molecule has 25 nitrogen and oxygen atoms in total. The van der Waals surface area contributed by atoms with Crippen LogP contribution in [0.4, 0.5) is 4.79 Å². The number of hydrogen-bond acceptors (Lipinski definition) is 14. The van der Waals surface area contributed by atoms with Crippen molar-refractivity contribution in [2.45, 2.75) is 101 Å². The lowest BCUT2D eigenvalue weighted by Crippen LogP contribution is -2.60. The van der Waals surface area contributed by atoms with Gasteiger partial charge in [-0.05, 0) is 50.8 Å². The number of urea groups is 1. The summed E-state index contributed by atoms with van der Waals surface area (Å²) in [7, 11) is 2.09. The molecule has 2 saturated heterocycles. The minimum Gasteiger partial charge on any atom is -0.370 e. The molecule has 0 radical (unpaired) electrons. The molecule has 2 fully saturated rings. The number of guanidine groups is 1. The van der Waals surface area contributed by atoms with Gasteiger partial charge in [-0.1, -0.05) is 70.1 Å². The molecule has 27 heteroatoms. The largest absolute Gasteiger partial charge is 0.370 e. The van der Waals surface area contributed by atoms with Gasteiger partial charge in [-0.25, -0.2) is 9.78 Å². The van der Waals surface area contributed by atoms with Crippen LogP contribution < -0.4 is 53.6 Å². The van der Waals surface area contributed by atoms with Crippen LogP contribution in [0, 0.1) is 5.41 Å². The van der Waals surface area contributed by atoms with Crippen LogP contribution in [-0.2, 0) is 62.4 Å². The molecule has 0 bridgehead atoms. The van der Waals surface area contributed by atoms with Crippen LogP contribution in [0.3, 0.4) is 0 Å². The summed E-state index contributed by atoms with van der Waals surface area (Å²) in [4.78, 5) is 148. The van der Waals surface area contributed by atoms with Gasteiger partial charge in [-0.15, -0.1) is 0 Å². The summed E-state index contributed by atoms with van der Waals surface area (Å²) in [6.07, 6.45) is 4.32. The van der Waals surface area contributed by atoms with Crippen molar-refractivity contribution in [3.8, 4) is 0 Å². The lowest BCUT2D eigenvalue weighted by molar-refractivity contribution is -0.135. The Morgan fingerprint density at radius 1 is 0.720 bits per heavy atom. The maximum atomic E-state index is 14.6. The Kier molecular flexibility index (Phi) is 20.2. The summed E-state index contributed by atoms with van der Waals surface area (Å²) >= 11 is 0. The molecule has 0 saturated carbocycles. The van der Waals surface area contributed by atoms with E-state index in [9.17, 15) is 47.9 Å². The van der Waals surface area contributed by atoms with Crippen molar-refractivity contribution in [3.05, 3.63) is 90.1 Å². The minimum atomic E-state index is -1.40. The van der Waals surface area contributed by atoms with Gasteiger partial charge >= 0.3 is 6.03 Å². The molecule has 2 aromatic heterocycles. The first-order valence-electron chi connectivity index (χ1n) is 24.0. The lowest BCUT2D eigenvalue weighted by atomic mass is 10.0. The number of para-hydroxylation sites is 1. The van der Waals surface area contributed by atoms with Crippen LogP contribution in [0.15, 0.2) is 73.3 Å². The number of rotatable bonds is 14. The molecule has 0 spiro atoms. The first-order valence-corrected chi connectivity index (χ1v) is 26.5. The normalized spacial score (nSPS) is 23.9. The fourth-order valence-corrected chi connectivity index (χ4v) is 10.5. The summed E-state index contributed by atoms with van der Waals surface area (Å²) in [6.45, 7) is 3.45. The number of H-pyrrole nitrogens is 2. The Morgan fingerprint density at radius 3 is 2.01 bits per heavy atom. The summed E-state index contributed by atoms with van der Waals surface area (Å²) in [5, 5.41) is 32.3. The van der Waals surface area contributed by atoms with Crippen LogP contribution >= 0.6 is 21.6 Å². The van der Waals surface area contributed by atoms with Gasteiger partial charge in [0.2, 0.25) is 41.4 Å².